The molecule has 0 fully saturated rings. The second-order valence-corrected chi connectivity index (χ2v) is 5.11. The molecule has 0 radical (unpaired) electrons. The van der Waals surface area contributed by atoms with Gasteiger partial charge < -0.3 is 5.73 Å². The van der Waals surface area contributed by atoms with E-state index in [1.807, 2.05) is 31.3 Å². The highest BCUT2D eigenvalue weighted by atomic mass is 14.8. The lowest BCUT2D eigenvalue weighted by Gasteiger charge is -2.16. The van der Waals surface area contributed by atoms with Crippen LogP contribution in [0, 0.1) is 13.8 Å². The normalized spacial score (nSPS) is 12.6. The van der Waals surface area contributed by atoms with Gasteiger partial charge in [-0.15, -0.1) is 0 Å². The summed E-state index contributed by atoms with van der Waals surface area (Å²) in [4.78, 5) is 8.89. The Hall–Kier alpha value is -2.26. The Balaban J connectivity index is 2.15. The molecule has 100 valence electrons. The van der Waals surface area contributed by atoms with E-state index in [4.69, 9.17) is 5.73 Å². The fourth-order valence-corrected chi connectivity index (χ4v) is 2.60. The largest absolute Gasteiger partial charge is 0.319 e. The van der Waals surface area contributed by atoms with Gasteiger partial charge in [0.2, 0.25) is 0 Å². The van der Waals surface area contributed by atoms with Crippen LogP contribution in [-0.4, -0.2) is 9.97 Å². The molecule has 3 heteroatoms. The monoisotopic (exact) mass is 263 g/mol. The average Bonchev–Trinajstić information content (AvgIpc) is 2.46. The molecule has 0 spiro atoms. The zero-order valence-corrected chi connectivity index (χ0v) is 11.7. The highest BCUT2D eigenvalue weighted by Crippen LogP contribution is 2.27. The predicted octanol–water partition coefficient (Wildman–Crippen LogP) is 3.29. The van der Waals surface area contributed by atoms with E-state index in [0.29, 0.717) is 0 Å². The van der Waals surface area contributed by atoms with Crippen molar-refractivity contribution in [2.75, 3.05) is 0 Å². The van der Waals surface area contributed by atoms with Crippen molar-refractivity contribution < 1.29 is 0 Å². The van der Waals surface area contributed by atoms with Gasteiger partial charge in [0.05, 0.1) is 17.3 Å². The first-order valence-electron chi connectivity index (χ1n) is 6.69. The minimum atomic E-state index is -0.233. The van der Waals surface area contributed by atoms with E-state index < -0.39 is 0 Å². The zero-order valence-electron chi connectivity index (χ0n) is 11.7. The summed E-state index contributed by atoms with van der Waals surface area (Å²) in [5, 5.41) is 1.09. The topological polar surface area (TPSA) is 51.8 Å². The third-order valence-electron chi connectivity index (χ3n) is 3.56. The van der Waals surface area contributed by atoms with Gasteiger partial charge in [0, 0.05) is 17.8 Å². The number of aryl methyl sites for hydroxylation is 2. The molecular weight excluding hydrogens is 246 g/mol. The fourth-order valence-electron chi connectivity index (χ4n) is 2.60. The van der Waals surface area contributed by atoms with Gasteiger partial charge in [-0.2, -0.15) is 0 Å². The van der Waals surface area contributed by atoms with E-state index in [2.05, 4.69) is 35.1 Å². The number of rotatable bonds is 2. The van der Waals surface area contributed by atoms with Crippen molar-refractivity contribution in [3.63, 3.8) is 0 Å². The molecule has 0 saturated heterocycles. The SMILES string of the molecule is Cc1cnc(C(N)c2cccc3ncccc23)c(C)c1. The minimum absolute atomic E-state index is 0.233. The molecule has 0 aliphatic rings. The second kappa shape index (κ2) is 5.02. The molecule has 2 aromatic heterocycles. The molecule has 0 amide bonds. The Bertz CT molecular complexity index is 760. The molecule has 0 saturated carbocycles. The van der Waals surface area contributed by atoms with Gasteiger partial charge in [-0.05, 0) is 42.7 Å². The number of nitrogens with zero attached hydrogens (tertiary/aromatic N) is 2. The van der Waals surface area contributed by atoms with E-state index in [9.17, 15) is 0 Å². The Kier molecular flexibility index (Phi) is 3.20. The molecule has 3 aromatic rings. The maximum absolute atomic E-state index is 6.44. The highest BCUT2D eigenvalue weighted by molar-refractivity contribution is 5.82. The van der Waals surface area contributed by atoms with Gasteiger partial charge in [-0.25, -0.2) is 0 Å². The predicted molar refractivity (Wildman–Crippen MR) is 81.5 cm³/mol. The lowest BCUT2D eigenvalue weighted by atomic mass is 9.96. The number of hydrogen-bond acceptors (Lipinski definition) is 3. The standard InChI is InChI=1S/C17H17N3/c1-11-9-12(2)17(20-10-11)16(18)14-5-3-7-15-13(14)6-4-8-19-15/h3-10,16H,18H2,1-2H3. The number of fused-ring (bicyclic) bond motifs is 1. The molecule has 0 aliphatic heterocycles. The molecule has 2 N–H and O–H groups in total. The van der Waals surface area contributed by atoms with Gasteiger partial charge >= 0.3 is 0 Å². The van der Waals surface area contributed by atoms with Crippen molar-refractivity contribution in [2.45, 2.75) is 19.9 Å². The number of hydrogen-bond donors (Lipinski definition) is 1. The zero-order chi connectivity index (χ0) is 14.1. The van der Waals surface area contributed by atoms with Crippen LogP contribution < -0.4 is 5.73 Å². The fraction of sp³-hybridized carbons (Fsp3) is 0.176. The summed E-state index contributed by atoms with van der Waals surface area (Å²) in [6.45, 7) is 4.09. The maximum Gasteiger partial charge on any atom is 0.0735 e. The second-order valence-electron chi connectivity index (χ2n) is 5.11. The lowest BCUT2D eigenvalue weighted by molar-refractivity contribution is 0.822. The number of nitrogens with two attached hydrogens (primary N) is 1. The molecule has 3 nitrogen and oxygen atoms in total. The van der Waals surface area contributed by atoms with E-state index in [1.165, 1.54) is 0 Å². The number of aromatic nitrogens is 2. The van der Waals surface area contributed by atoms with Gasteiger partial charge in [-0.3, -0.25) is 9.97 Å². The summed E-state index contributed by atoms with van der Waals surface area (Å²) in [6.07, 6.45) is 3.67. The van der Waals surface area contributed by atoms with Crippen molar-refractivity contribution in [2.24, 2.45) is 5.73 Å². The maximum atomic E-state index is 6.44. The van der Waals surface area contributed by atoms with Crippen molar-refractivity contribution in [1.82, 2.24) is 9.97 Å². The van der Waals surface area contributed by atoms with Crippen LogP contribution in [0.5, 0.6) is 0 Å². The molecule has 1 unspecified atom stereocenters. The van der Waals surface area contributed by atoms with Gasteiger partial charge in [0.1, 0.15) is 0 Å². The molecule has 3 rings (SSSR count). The third-order valence-corrected chi connectivity index (χ3v) is 3.56. The van der Waals surface area contributed by atoms with E-state index in [0.717, 1.165) is 33.3 Å². The van der Waals surface area contributed by atoms with E-state index in [1.54, 1.807) is 6.20 Å². The Morgan fingerprint density at radius 1 is 1.05 bits per heavy atom. The Morgan fingerprint density at radius 2 is 1.90 bits per heavy atom. The molecule has 1 aromatic carbocycles. The first kappa shape index (κ1) is 12.8. The van der Waals surface area contributed by atoms with E-state index >= 15 is 0 Å². The highest BCUT2D eigenvalue weighted by Gasteiger charge is 2.15. The molecule has 1 atom stereocenters. The quantitative estimate of drug-likeness (QED) is 0.771. The van der Waals surface area contributed by atoms with Crippen molar-refractivity contribution in [3.05, 3.63) is 71.2 Å². The Morgan fingerprint density at radius 3 is 2.70 bits per heavy atom. The van der Waals surface area contributed by atoms with Crippen LogP contribution in [0.25, 0.3) is 10.9 Å². The van der Waals surface area contributed by atoms with Crippen LogP contribution in [0.1, 0.15) is 28.4 Å². The molecule has 0 aliphatic carbocycles. The summed E-state index contributed by atoms with van der Waals surface area (Å²) in [5.41, 5.74) is 11.7. The molecular formula is C17H17N3. The van der Waals surface area contributed by atoms with Crippen LogP contribution in [0.15, 0.2) is 48.8 Å². The minimum Gasteiger partial charge on any atom is -0.319 e. The van der Waals surface area contributed by atoms with Crippen molar-refractivity contribution >= 4 is 10.9 Å². The van der Waals surface area contributed by atoms with Crippen LogP contribution in [0.2, 0.25) is 0 Å². The number of benzene rings is 1. The third kappa shape index (κ3) is 2.17. The lowest BCUT2D eigenvalue weighted by Crippen LogP contribution is -2.15. The summed E-state index contributed by atoms with van der Waals surface area (Å²) < 4.78 is 0. The van der Waals surface area contributed by atoms with Gasteiger partial charge in [-0.1, -0.05) is 24.3 Å². The molecule has 0 bridgehead atoms. The van der Waals surface area contributed by atoms with Crippen LogP contribution >= 0.6 is 0 Å². The van der Waals surface area contributed by atoms with Gasteiger partial charge in [0.25, 0.3) is 0 Å². The first-order chi connectivity index (χ1) is 9.66. The Labute approximate surface area is 118 Å². The summed E-state index contributed by atoms with van der Waals surface area (Å²) >= 11 is 0. The molecule has 20 heavy (non-hydrogen) atoms. The van der Waals surface area contributed by atoms with Crippen molar-refractivity contribution in [3.8, 4) is 0 Å². The first-order valence-corrected chi connectivity index (χ1v) is 6.69. The van der Waals surface area contributed by atoms with Crippen LogP contribution in [0.3, 0.4) is 0 Å². The van der Waals surface area contributed by atoms with Crippen molar-refractivity contribution in [1.29, 1.82) is 0 Å². The van der Waals surface area contributed by atoms with Crippen LogP contribution in [0.4, 0.5) is 0 Å². The summed E-state index contributed by atoms with van der Waals surface area (Å²) in [5.74, 6) is 0. The van der Waals surface area contributed by atoms with Crippen LogP contribution in [-0.2, 0) is 0 Å². The average molecular weight is 263 g/mol. The smallest absolute Gasteiger partial charge is 0.0735 e. The van der Waals surface area contributed by atoms with E-state index in [-0.39, 0.29) is 6.04 Å². The number of pyridine rings is 2. The summed E-state index contributed by atoms with van der Waals surface area (Å²) in [7, 11) is 0. The molecule has 2 heterocycles. The van der Waals surface area contributed by atoms with Gasteiger partial charge in [0.15, 0.2) is 0 Å². The summed E-state index contributed by atoms with van der Waals surface area (Å²) in [6, 6.07) is 11.9.